The molecule has 4 heterocycles. The molecule has 0 radical (unpaired) electrons. The van der Waals surface area contributed by atoms with Gasteiger partial charge in [-0.15, -0.1) is 0 Å². The van der Waals surface area contributed by atoms with Crippen LogP contribution in [-0.2, 0) is 12.8 Å². The number of furan rings is 1. The second-order valence-corrected chi connectivity index (χ2v) is 10.7. The Balaban J connectivity index is 1.08. The molecule has 10 heteroatoms. The first-order valence-electron chi connectivity index (χ1n) is 12.9. The number of carbonyl (C=O) groups is 1. The summed E-state index contributed by atoms with van der Waals surface area (Å²) in [4.78, 5) is 29.5. The zero-order valence-electron chi connectivity index (χ0n) is 20.5. The second kappa shape index (κ2) is 10.5. The minimum atomic E-state index is -0.174. The van der Waals surface area contributed by atoms with E-state index in [9.17, 15) is 4.79 Å². The van der Waals surface area contributed by atoms with E-state index < -0.39 is 0 Å². The topological polar surface area (TPSA) is 74.9 Å². The summed E-state index contributed by atoms with van der Waals surface area (Å²) in [7, 11) is 0. The van der Waals surface area contributed by atoms with Gasteiger partial charge in [-0.3, -0.25) is 9.69 Å². The van der Waals surface area contributed by atoms with Crippen molar-refractivity contribution in [1.29, 1.82) is 0 Å². The van der Waals surface area contributed by atoms with Gasteiger partial charge < -0.3 is 19.0 Å². The van der Waals surface area contributed by atoms with Gasteiger partial charge in [-0.1, -0.05) is 29.6 Å². The Labute approximate surface area is 226 Å². The molecule has 0 spiro atoms. The van der Waals surface area contributed by atoms with Crippen molar-refractivity contribution < 1.29 is 13.9 Å². The number of amides is 1. The highest BCUT2D eigenvalue weighted by molar-refractivity contribution is 6.34. The molecule has 6 rings (SSSR count). The van der Waals surface area contributed by atoms with Crippen LogP contribution in [0, 0.1) is 0 Å². The molecule has 8 nitrogen and oxygen atoms in total. The fourth-order valence-electron chi connectivity index (χ4n) is 5.21. The van der Waals surface area contributed by atoms with Crippen LogP contribution in [0.5, 0.6) is 11.7 Å². The van der Waals surface area contributed by atoms with Gasteiger partial charge in [0.25, 0.3) is 11.9 Å². The highest BCUT2D eigenvalue weighted by Gasteiger charge is 2.29. The van der Waals surface area contributed by atoms with E-state index in [1.165, 1.54) is 19.3 Å². The summed E-state index contributed by atoms with van der Waals surface area (Å²) in [5.74, 6) is 1.50. The van der Waals surface area contributed by atoms with Crippen molar-refractivity contribution in [1.82, 2.24) is 19.8 Å². The maximum absolute atomic E-state index is 13.2. The second-order valence-electron chi connectivity index (χ2n) is 9.87. The normalized spacial score (nSPS) is 18.8. The molecule has 37 heavy (non-hydrogen) atoms. The van der Waals surface area contributed by atoms with E-state index in [4.69, 9.17) is 37.3 Å². The van der Waals surface area contributed by atoms with E-state index in [-0.39, 0.29) is 17.6 Å². The molecule has 0 atom stereocenters. The first kappa shape index (κ1) is 24.5. The smallest absolute Gasteiger partial charge is 0.290 e. The fourth-order valence-corrected chi connectivity index (χ4v) is 5.71. The molecule has 2 aliphatic heterocycles. The minimum Gasteiger partial charge on any atom is -0.426 e. The number of carbonyl (C=O) groups excluding carboxylic acids is 1. The van der Waals surface area contributed by atoms with E-state index in [0.29, 0.717) is 41.7 Å². The fraction of sp³-hybridized carbons (Fsp3) is 0.444. The predicted molar refractivity (Wildman–Crippen MR) is 142 cm³/mol. The maximum Gasteiger partial charge on any atom is 0.290 e. The summed E-state index contributed by atoms with van der Waals surface area (Å²) in [6.07, 6.45) is 7.39. The van der Waals surface area contributed by atoms with Crippen molar-refractivity contribution in [2.24, 2.45) is 0 Å². The summed E-state index contributed by atoms with van der Waals surface area (Å²) in [6, 6.07) is 8.92. The van der Waals surface area contributed by atoms with Crippen LogP contribution < -0.4 is 9.64 Å². The number of rotatable bonds is 5. The van der Waals surface area contributed by atoms with Gasteiger partial charge in [-0.25, -0.2) is 9.97 Å². The average Bonchev–Trinajstić information content (AvgIpc) is 3.20. The molecule has 1 saturated carbocycles. The third kappa shape index (κ3) is 5.42. The monoisotopic (exact) mass is 541 g/mol. The van der Waals surface area contributed by atoms with Crippen molar-refractivity contribution in [2.45, 2.75) is 38.1 Å². The quantitative estimate of drug-likeness (QED) is 0.445. The van der Waals surface area contributed by atoms with Gasteiger partial charge in [-0.2, -0.15) is 0 Å². The highest BCUT2D eigenvalue weighted by Crippen LogP contribution is 2.30. The van der Waals surface area contributed by atoms with Gasteiger partial charge in [0.05, 0.1) is 5.69 Å². The van der Waals surface area contributed by atoms with Gasteiger partial charge in [0.1, 0.15) is 5.75 Å². The summed E-state index contributed by atoms with van der Waals surface area (Å²) in [5, 5.41) is 0.911. The maximum atomic E-state index is 13.2. The van der Waals surface area contributed by atoms with Crippen LogP contribution in [0.3, 0.4) is 0 Å². The first-order chi connectivity index (χ1) is 18.0. The van der Waals surface area contributed by atoms with E-state index in [1.54, 1.807) is 35.2 Å². The summed E-state index contributed by atoms with van der Waals surface area (Å²) in [6.45, 7) is 5.22. The van der Waals surface area contributed by atoms with Crippen molar-refractivity contribution >= 4 is 35.1 Å². The Bertz CT molecular complexity index is 1270. The Morgan fingerprint density at radius 2 is 1.73 bits per heavy atom. The van der Waals surface area contributed by atoms with E-state index in [0.717, 1.165) is 49.4 Å². The van der Waals surface area contributed by atoms with Gasteiger partial charge in [0.2, 0.25) is 5.95 Å². The molecule has 1 aromatic carbocycles. The van der Waals surface area contributed by atoms with Crippen molar-refractivity contribution in [2.75, 3.05) is 44.2 Å². The summed E-state index contributed by atoms with van der Waals surface area (Å²) in [5.41, 5.74) is 2.14. The number of hydrogen-bond donors (Lipinski definition) is 0. The number of piperazine rings is 1. The van der Waals surface area contributed by atoms with Crippen LogP contribution in [0.15, 0.2) is 40.9 Å². The lowest BCUT2D eigenvalue weighted by Crippen LogP contribution is -2.52. The van der Waals surface area contributed by atoms with Gasteiger partial charge in [0.15, 0.2) is 5.76 Å². The third-order valence-corrected chi connectivity index (χ3v) is 7.97. The molecular formula is C27H29Cl2N5O3. The van der Waals surface area contributed by atoms with Crippen LogP contribution >= 0.6 is 23.2 Å². The number of anilines is 1. The molecule has 1 amide bonds. The summed E-state index contributed by atoms with van der Waals surface area (Å²) >= 11 is 12.1. The molecule has 2 aromatic heterocycles. The number of hydrogen-bond acceptors (Lipinski definition) is 7. The lowest BCUT2D eigenvalue weighted by molar-refractivity contribution is 0.0726. The lowest BCUT2D eigenvalue weighted by atomic mass is 9.91. The Morgan fingerprint density at radius 3 is 2.46 bits per heavy atom. The molecule has 3 aliphatic rings. The Morgan fingerprint density at radius 1 is 0.973 bits per heavy atom. The molecule has 2 fully saturated rings. The van der Waals surface area contributed by atoms with Crippen LogP contribution in [0.1, 0.15) is 41.1 Å². The van der Waals surface area contributed by atoms with E-state index in [1.807, 2.05) is 6.20 Å². The van der Waals surface area contributed by atoms with Gasteiger partial charge in [0, 0.05) is 74.0 Å². The molecule has 1 aliphatic carbocycles. The molecule has 194 valence electrons. The zero-order chi connectivity index (χ0) is 25.4. The van der Waals surface area contributed by atoms with Crippen molar-refractivity contribution in [3.63, 3.8) is 0 Å². The van der Waals surface area contributed by atoms with Crippen LogP contribution in [0.2, 0.25) is 10.0 Å². The molecular weight excluding hydrogens is 513 g/mol. The number of fused-ring (bicyclic) bond motifs is 1. The predicted octanol–water partition coefficient (Wildman–Crippen LogP) is 5.08. The third-order valence-electron chi connectivity index (χ3n) is 7.53. The van der Waals surface area contributed by atoms with Gasteiger partial charge in [-0.05, 0) is 49.1 Å². The van der Waals surface area contributed by atoms with E-state index in [2.05, 4.69) is 14.8 Å². The Hall–Kier alpha value is -2.81. The van der Waals surface area contributed by atoms with Crippen molar-refractivity contribution in [3.8, 4) is 11.7 Å². The van der Waals surface area contributed by atoms with Crippen LogP contribution in [0.4, 0.5) is 5.95 Å². The summed E-state index contributed by atoms with van der Waals surface area (Å²) < 4.78 is 11.4. The van der Waals surface area contributed by atoms with Crippen LogP contribution in [0.25, 0.3) is 0 Å². The first-order valence-corrected chi connectivity index (χ1v) is 13.6. The largest absolute Gasteiger partial charge is 0.426 e. The lowest BCUT2D eigenvalue weighted by Gasteiger charge is -2.43. The number of nitrogens with zero attached hydrogens (tertiary/aromatic N) is 5. The molecule has 3 aromatic rings. The number of ether oxygens (including phenoxy) is 1. The Kier molecular flexibility index (Phi) is 6.97. The number of halogens is 2. The molecule has 0 unspecified atom stereocenters. The average molecular weight is 542 g/mol. The number of aromatic nitrogens is 2. The SMILES string of the molecule is O=C(c1ccc(Oc2cc(Cl)cc(Cl)c2)o1)N1CCc2cnc(N3CCN(C4CCC4)CC3)nc2CC1. The molecule has 0 N–H and O–H groups in total. The standard InChI is InChI=1S/C27H29Cl2N5O3/c28-19-14-20(29)16-22(15-19)36-25-5-4-24(37-25)26(35)33-8-6-18-17-30-27(31-23(18)7-9-33)34-12-10-32(11-13-34)21-2-1-3-21/h4-5,14-17,21H,1-3,6-13H2. The number of benzene rings is 1. The van der Waals surface area contributed by atoms with E-state index >= 15 is 0 Å². The highest BCUT2D eigenvalue weighted by atomic mass is 35.5. The minimum absolute atomic E-state index is 0.174. The van der Waals surface area contributed by atoms with Crippen LogP contribution in [-0.4, -0.2) is 71.0 Å². The molecule has 1 saturated heterocycles. The zero-order valence-corrected chi connectivity index (χ0v) is 22.0. The van der Waals surface area contributed by atoms with Gasteiger partial charge >= 0.3 is 0 Å². The molecule has 0 bridgehead atoms. The van der Waals surface area contributed by atoms with Crippen molar-refractivity contribution in [3.05, 3.63) is 63.6 Å².